The zero-order chi connectivity index (χ0) is 15.7. The van der Waals surface area contributed by atoms with Crippen molar-refractivity contribution in [2.24, 2.45) is 0 Å². The molecule has 0 fully saturated rings. The fraction of sp³-hybridized carbons (Fsp3) is 0.0769. The normalized spacial score (nSPS) is 10.8. The van der Waals surface area contributed by atoms with Gasteiger partial charge < -0.3 is 5.32 Å². The smallest absolute Gasteiger partial charge is 0.200 e. The molecule has 0 saturated carbocycles. The maximum atomic E-state index is 13.4. The van der Waals surface area contributed by atoms with Crippen molar-refractivity contribution in [1.29, 1.82) is 0 Å². The standard InChI is InChI=1S/C13H6ClF6N/c14-7-5(2-1-3-6(7)15)4-21-13-11(19)9(17)8(16)10(18)12(13)20/h1-3,21H,4H2. The summed E-state index contributed by atoms with van der Waals surface area (Å²) in [6.07, 6.45) is 0. The van der Waals surface area contributed by atoms with Crippen LogP contribution in [-0.2, 0) is 6.54 Å². The van der Waals surface area contributed by atoms with Crippen LogP contribution < -0.4 is 5.32 Å². The van der Waals surface area contributed by atoms with Crippen LogP contribution in [-0.4, -0.2) is 0 Å². The molecule has 0 aliphatic carbocycles. The van der Waals surface area contributed by atoms with Crippen molar-refractivity contribution in [3.8, 4) is 0 Å². The van der Waals surface area contributed by atoms with Gasteiger partial charge in [-0.2, -0.15) is 0 Å². The molecular formula is C13H6ClF6N. The van der Waals surface area contributed by atoms with Gasteiger partial charge in [0.25, 0.3) is 0 Å². The Labute approximate surface area is 120 Å². The molecule has 1 N–H and O–H groups in total. The molecule has 0 radical (unpaired) electrons. The summed E-state index contributed by atoms with van der Waals surface area (Å²) in [5.74, 6) is -11.2. The highest BCUT2D eigenvalue weighted by Crippen LogP contribution is 2.28. The first-order valence-electron chi connectivity index (χ1n) is 5.52. The van der Waals surface area contributed by atoms with Gasteiger partial charge in [-0.25, -0.2) is 26.3 Å². The Kier molecular flexibility index (Phi) is 4.32. The van der Waals surface area contributed by atoms with E-state index in [1.807, 2.05) is 5.32 Å². The molecule has 2 aromatic carbocycles. The third kappa shape index (κ3) is 2.78. The highest BCUT2D eigenvalue weighted by Gasteiger charge is 2.25. The fourth-order valence-electron chi connectivity index (χ4n) is 1.63. The summed E-state index contributed by atoms with van der Waals surface area (Å²) in [4.78, 5) is 0. The minimum absolute atomic E-state index is 0.0978. The van der Waals surface area contributed by atoms with Crippen LogP contribution in [0.5, 0.6) is 0 Å². The predicted molar refractivity (Wildman–Crippen MR) is 65.0 cm³/mol. The van der Waals surface area contributed by atoms with Gasteiger partial charge in [0.2, 0.25) is 5.82 Å². The van der Waals surface area contributed by atoms with E-state index in [1.165, 1.54) is 12.1 Å². The Morgan fingerprint density at radius 2 is 1.33 bits per heavy atom. The van der Waals surface area contributed by atoms with Crippen molar-refractivity contribution in [1.82, 2.24) is 0 Å². The van der Waals surface area contributed by atoms with Gasteiger partial charge in [0.05, 0.1) is 5.02 Å². The lowest BCUT2D eigenvalue weighted by Crippen LogP contribution is -2.10. The molecule has 112 valence electrons. The summed E-state index contributed by atoms with van der Waals surface area (Å²) in [5.41, 5.74) is -1.10. The summed E-state index contributed by atoms with van der Waals surface area (Å²) in [7, 11) is 0. The monoisotopic (exact) mass is 325 g/mol. The molecule has 0 aromatic heterocycles. The molecule has 0 amide bonds. The molecule has 0 heterocycles. The van der Waals surface area contributed by atoms with Gasteiger partial charge in [0.1, 0.15) is 11.5 Å². The van der Waals surface area contributed by atoms with Crippen molar-refractivity contribution >= 4 is 17.3 Å². The van der Waals surface area contributed by atoms with E-state index in [0.29, 0.717) is 0 Å². The summed E-state index contributed by atoms with van der Waals surface area (Å²) < 4.78 is 78.8. The molecular weight excluding hydrogens is 320 g/mol. The maximum Gasteiger partial charge on any atom is 0.200 e. The third-order valence-electron chi connectivity index (χ3n) is 2.70. The van der Waals surface area contributed by atoms with E-state index in [1.54, 1.807) is 0 Å². The van der Waals surface area contributed by atoms with Crippen LogP contribution in [0.3, 0.4) is 0 Å². The van der Waals surface area contributed by atoms with Gasteiger partial charge in [0, 0.05) is 6.54 Å². The summed E-state index contributed by atoms with van der Waals surface area (Å²) in [6.45, 7) is -0.422. The minimum atomic E-state index is -2.25. The second-order valence-corrected chi connectivity index (χ2v) is 4.39. The molecule has 0 spiro atoms. The van der Waals surface area contributed by atoms with E-state index >= 15 is 0 Å². The summed E-state index contributed by atoms with van der Waals surface area (Å²) in [6, 6.07) is 3.69. The molecule has 0 saturated heterocycles. The number of nitrogens with one attached hydrogen (secondary N) is 1. The maximum absolute atomic E-state index is 13.4. The molecule has 2 aromatic rings. The predicted octanol–water partition coefficient (Wildman–Crippen LogP) is 4.79. The lowest BCUT2D eigenvalue weighted by molar-refractivity contribution is 0.381. The van der Waals surface area contributed by atoms with Crippen LogP contribution in [0.4, 0.5) is 32.0 Å². The van der Waals surface area contributed by atoms with E-state index in [9.17, 15) is 26.3 Å². The Bertz CT molecular complexity index is 675. The quantitative estimate of drug-likeness (QED) is 0.486. The first-order valence-corrected chi connectivity index (χ1v) is 5.90. The lowest BCUT2D eigenvalue weighted by atomic mass is 10.2. The highest BCUT2D eigenvalue weighted by molar-refractivity contribution is 6.31. The van der Waals surface area contributed by atoms with Crippen LogP contribution in [0.1, 0.15) is 5.56 Å². The Morgan fingerprint density at radius 1 is 0.810 bits per heavy atom. The van der Waals surface area contributed by atoms with Gasteiger partial charge in [-0.05, 0) is 11.6 Å². The Balaban J connectivity index is 2.35. The van der Waals surface area contributed by atoms with Gasteiger partial charge in [0.15, 0.2) is 23.3 Å². The summed E-state index contributed by atoms with van der Waals surface area (Å²) in [5, 5.41) is 1.72. The van der Waals surface area contributed by atoms with Crippen LogP contribution >= 0.6 is 11.6 Å². The zero-order valence-electron chi connectivity index (χ0n) is 10.1. The van der Waals surface area contributed by atoms with E-state index in [4.69, 9.17) is 11.6 Å². The highest BCUT2D eigenvalue weighted by atomic mass is 35.5. The number of rotatable bonds is 3. The molecule has 0 atom stereocenters. The van der Waals surface area contributed by atoms with Crippen molar-refractivity contribution in [3.05, 3.63) is 63.7 Å². The number of hydrogen-bond donors (Lipinski definition) is 1. The largest absolute Gasteiger partial charge is 0.376 e. The molecule has 0 unspecified atom stereocenters. The van der Waals surface area contributed by atoms with E-state index < -0.39 is 47.1 Å². The van der Waals surface area contributed by atoms with Crippen LogP contribution in [0.25, 0.3) is 0 Å². The van der Waals surface area contributed by atoms with Crippen molar-refractivity contribution < 1.29 is 26.3 Å². The van der Waals surface area contributed by atoms with Crippen LogP contribution in [0.15, 0.2) is 18.2 Å². The van der Waals surface area contributed by atoms with Gasteiger partial charge in [-0.1, -0.05) is 23.7 Å². The van der Waals surface area contributed by atoms with Crippen molar-refractivity contribution in [2.45, 2.75) is 6.54 Å². The third-order valence-corrected chi connectivity index (χ3v) is 3.12. The van der Waals surface area contributed by atoms with E-state index in [-0.39, 0.29) is 10.6 Å². The molecule has 21 heavy (non-hydrogen) atoms. The number of hydrogen-bond acceptors (Lipinski definition) is 1. The number of benzene rings is 2. The molecule has 0 aliphatic heterocycles. The fourth-order valence-corrected chi connectivity index (χ4v) is 1.82. The Hall–Kier alpha value is -1.89. The lowest BCUT2D eigenvalue weighted by Gasteiger charge is -2.11. The zero-order valence-corrected chi connectivity index (χ0v) is 10.8. The van der Waals surface area contributed by atoms with Crippen molar-refractivity contribution in [2.75, 3.05) is 5.32 Å². The molecule has 0 bridgehead atoms. The first-order chi connectivity index (χ1) is 9.84. The van der Waals surface area contributed by atoms with Crippen molar-refractivity contribution in [3.63, 3.8) is 0 Å². The SMILES string of the molecule is Fc1cccc(CNc2c(F)c(F)c(F)c(F)c2F)c1Cl. The molecule has 2 rings (SSSR count). The van der Waals surface area contributed by atoms with Gasteiger partial charge in [-0.15, -0.1) is 0 Å². The minimum Gasteiger partial charge on any atom is -0.376 e. The van der Waals surface area contributed by atoms with E-state index in [0.717, 1.165) is 6.07 Å². The average Bonchev–Trinajstić information content (AvgIpc) is 2.47. The summed E-state index contributed by atoms with van der Waals surface area (Å²) >= 11 is 5.62. The topological polar surface area (TPSA) is 12.0 Å². The Morgan fingerprint density at radius 3 is 1.90 bits per heavy atom. The number of halogens is 7. The van der Waals surface area contributed by atoms with Gasteiger partial charge >= 0.3 is 0 Å². The van der Waals surface area contributed by atoms with Crippen LogP contribution in [0.2, 0.25) is 5.02 Å². The second-order valence-electron chi connectivity index (χ2n) is 4.01. The second kappa shape index (κ2) is 5.85. The van der Waals surface area contributed by atoms with Gasteiger partial charge in [-0.3, -0.25) is 0 Å². The average molecular weight is 326 g/mol. The number of anilines is 1. The molecule has 1 nitrogen and oxygen atoms in total. The molecule has 8 heteroatoms. The first kappa shape index (κ1) is 15.5. The molecule has 0 aliphatic rings. The van der Waals surface area contributed by atoms with E-state index in [2.05, 4.69) is 0 Å². The van der Waals surface area contributed by atoms with Crippen LogP contribution in [0, 0.1) is 34.9 Å².